The van der Waals surface area contributed by atoms with Crippen molar-refractivity contribution in [2.45, 2.75) is 38.7 Å². The molecule has 5 N–H and O–H groups in total. The van der Waals surface area contributed by atoms with Crippen LogP contribution in [0.25, 0.3) is 0 Å². The molecule has 1 aliphatic heterocycles. The summed E-state index contributed by atoms with van der Waals surface area (Å²) in [7, 11) is -3.41. The second-order valence-corrected chi connectivity index (χ2v) is 8.92. The van der Waals surface area contributed by atoms with Crippen LogP contribution in [0.1, 0.15) is 52.8 Å². The summed E-state index contributed by atoms with van der Waals surface area (Å²) in [5.41, 5.74) is 5.96. The Hall–Kier alpha value is -3.41. The third-order valence-electron chi connectivity index (χ3n) is 5.08. The molecule has 1 aromatic heterocycles. The van der Waals surface area contributed by atoms with E-state index in [1.54, 1.807) is 0 Å². The van der Waals surface area contributed by atoms with Crippen LogP contribution in [-0.4, -0.2) is 64.4 Å². The maximum Gasteiger partial charge on any atom is 0.472 e. The maximum absolute atomic E-state index is 12.4. The fraction of sp³-hybridized carbons (Fsp3) is 0.391. The fourth-order valence-electron chi connectivity index (χ4n) is 3.28. The number of anilines is 1. The van der Waals surface area contributed by atoms with E-state index in [4.69, 9.17) is 20.3 Å². The Kier molecular flexibility index (Phi) is 11.8. The van der Waals surface area contributed by atoms with Gasteiger partial charge in [0.1, 0.15) is 37.1 Å². The molecule has 2 aromatic rings. The molecule has 2 heterocycles. The number of nitrogens with two attached hydrogens (primary N) is 1. The van der Waals surface area contributed by atoms with Crippen LogP contribution in [0.15, 0.2) is 35.3 Å². The lowest BCUT2D eigenvalue weighted by atomic mass is 10.1. The summed E-state index contributed by atoms with van der Waals surface area (Å²) in [5.74, 6) is 4.85. The van der Waals surface area contributed by atoms with Gasteiger partial charge in [-0.2, -0.15) is 4.98 Å². The number of hydrogen-bond donors (Lipinski definition) is 4. The first-order valence-corrected chi connectivity index (χ1v) is 12.9. The molecule has 1 aromatic carbocycles. The average Bonchev–Trinajstić information content (AvgIpc) is 3.29. The van der Waals surface area contributed by atoms with Gasteiger partial charge >= 0.3 is 13.5 Å². The third kappa shape index (κ3) is 8.30. The average molecular weight is 552 g/mol. The number of phosphoric acid groups is 1. The minimum atomic E-state index is -4.40. The van der Waals surface area contributed by atoms with Crippen molar-refractivity contribution in [1.82, 2.24) is 14.9 Å². The van der Waals surface area contributed by atoms with Crippen LogP contribution in [0, 0.1) is 11.8 Å². The van der Waals surface area contributed by atoms with Gasteiger partial charge in [-0.25, -0.2) is 14.2 Å². The predicted molar refractivity (Wildman–Crippen MR) is 134 cm³/mol. The van der Waals surface area contributed by atoms with Gasteiger partial charge in [0.25, 0.3) is 5.91 Å². The highest BCUT2D eigenvalue weighted by molar-refractivity contribution is 7.47. The monoisotopic (exact) mass is 552 g/mol. The topological polar surface area (TPSA) is 202 Å². The van der Waals surface area contributed by atoms with E-state index in [1.807, 2.05) is 13.8 Å². The van der Waals surface area contributed by atoms with Gasteiger partial charge in [0.15, 0.2) is 0 Å². The van der Waals surface area contributed by atoms with Gasteiger partial charge in [-0.3, -0.25) is 28.5 Å². The molecule has 14 nitrogen and oxygen atoms in total. The number of nitrogens with zero attached hydrogens (tertiary/aromatic N) is 2. The van der Waals surface area contributed by atoms with Crippen LogP contribution in [0.4, 0.5) is 5.82 Å². The number of aromatic nitrogens is 2. The Balaban J connectivity index is 0.00000247. The molecule has 38 heavy (non-hydrogen) atoms. The molecule has 1 amide bonds. The number of hydrogen-bond acceptors (Lipinski definition) is 11. The molecular formula is C23H29N4O10P. The fourth-order valence-corrected chi connectivity index (χ4v) is 3.93. The number of aldehydes is 1. The van der Waals surface area contributed by atoms with Crippen molar-refractivity contribution < 1.29 is 43.0 Å². The summed E-state index contributed by atoms with van der Waals surface area (Å²) in [4.78, 5) is 52.7. The Morgan fingerprint density at radius 3 is 2.66 bits per heavy atom. The molecule has 1 aliphatic rings. The number of nitrogen functional groups attached to an aromatic ring is 1. The van der Waals surface area contributed by atoms with Crippen molar-refractivity contribution in [3.63, 3.8) is 0 Å². The zero-order valence-electron chi connectivity index (χ0n) is 20.9. The van der Waals surface area contributed by atoms with Crippen LogP contribution in [0.2, 0.25) is 0 Å². The van der Waals surface area contributed by atoms with Gasteiger partial charge in [-0.05, 0) is 12.1 Å². The molecule has 0 bridgehead atoms. The molecule has 15 heteroatoms. The normalized spacial score (nSPS) is 19.8. The van der Waals surface area contributed by atoms with Gasteiger partial charge in [0, 0.05) is 30.9 Å². The largest absolute Gasteiger partial charge is 0.472 e. The number of carbonyl (C=O) groups is 2. The second-order valence-electron chi connectivity index (χ2n) is 7.41. The van der Waals surface area contributed by atoms with E-state index >= 15 is 0 Å². The molecule has 4 unspecified atom stereocenters. The van der Waals surface area contributed by atoms with Crippen LogP contribution >= 0.6 is 7.82 Å². The van der Waals surface area contributed by atoms with Crippen LogP contribution in [0.3, 0.4) is 0 Å². The van der Waals surface area contributed by atoms with E-state index < -0.39 is 44.5 Å². The number of rotatable bonds is 9. The quantitative estimate of drug-likeness (QED) is 0.115. The number of carbonyl (C=O) groups excluding carboxylic acids is 2. The standard InChI is InChI=1S/C21H23N4O10P.C2H6/c1-32-36(30,31)35-16-9-18(34-17(16)12-33-29)25-10-15(19(22)24-21(25)28)3-2-8-23-20(27)14-6-4-13(11-26)5-7-14;1-2/h4-7,10-11,16-18,29H,8-9,12H2,1H3,(H,23,27)(H,30,31)(H2,22,24,28);1-2H3. The highest BCUT2D eigenvalue weighted by Crippen LogP contribution is 2.47. The first-order valence-electron chi connectivity index (χ1n) is 11.4. The number of ether oxygens (including phenoxy) is 1. The summed E-state index contributed by atoms with van der Waals surface area (Å²) in [6, 6.07) is 6.02. The summed E-state index contributed by atoms with van der Waals surface area (Å²) in [6.07, 6.45) is -1.21. The zero-order chi connectivity index (χ0) is 28.3. The van der Waals surface area contributed by atoms with Crippen LogP contribution < -0.4 is 16.7 Å². The maximum atomic E-state index is 12.4. The molecule has 0 spiro atoms. The van der Waals surface area contributed by atoms with Gasteiger partial charge < -0.3 is 20.7 Å². The second kappa shape index (κ2) is 14.5. The minimum Gasteiger partial charge on any atom is -0.382 e. The summed E-state index contributed by atoms with van der Waals surface area (Å²) in [6.45, 7) is 3.54. The number of benzene rings is 1. The molecule has 0 saturated carbocycles. The minimum absolute atomic E-state index is 0.0542. The Bertz CT molecular complexity index is 1270. The van der Waals surface area contributed by atoms with Gasteiger partial charge in [-0.1, -0.05) is 37.8 Å². The molecular weight excluding hydrogens is 523 g/mol. The molecule has 1 fully saturated rings. The number of phosphoric ester groups is 1. The van der Waals surface area contributed by atoms with Crippen molar-refractivity contribution in [2.75, 3.05) is 26.0 Å². The first kappa shape index (κ1) is 30.8. The van der Waals surface area contributed by atoms with E-state index in [0.717, 1.165) is 11.7 Å². The van der Waals surface area contributed by atoms with Crippen molar-refractivity contribution in [3.8, 4) is 11.8 Å². The van der Waals surface area contributed by atoms with Gasteiger partial charge in [0.05, 0.1) is 12.1 Å². The van der Waals surface area contributed by atoms with Crippen molar-refractivity contribution in [2.24, 2.45) is 0 Å². The smallest absolute Gasteiger partial charge is 0.382 e. The van der Waals surface area contributed by atoms with Gasteiger partial charge in [-0.15, -0.1) is 0 Å². The Labute approximate surface area is 218 Å². The SMILES string of the molecule is CC.COP(=O)(O)OC1CC(n2cc(C#CCNC(=O)c3ccc(C=O)cc3)c(N)nc2=O)OC1COO. The first-order chi connectivity index (χ1) is 18.2. The lowest BCUT2D eigenvalue weighted by molar-refractivity contribution is -0.264. The van der Waals surface area contributed by atoms with Crippen molar-refractivity contribution in [1.29, 1.82) is 0 Å². The van der Waals surface area contributed by atoms with E-state index in [-0.39, 0.29) is 24.3 Å². The van der Waals surface area contributed by atoms with Gasteiger partial charge in [0.2, 0.25) is 0 Å². The van der Waals surface area contributed by atoms with Crippen molar-refractivity contribution in [3.05, 3.63) is 57.6 Å². The number of amides is 1. The zero-order valence-corrected chi connectivity index (χ0v) is 21.8. The molecule has 206 valence electrons. The Morgan fingerprint density at radius 1 is 1.37 bits per heavy atom. The predicted octanol–water partition coefficient (Wildman–Crippen LogP) is 1.35. The molecule has 3 rings (SSSR count). The molecule has 0 radical (unpaired) electrons. The molecule has 4 atom stereocenters. The summed E-state index contributed by atoms with van der Waals surface area (Å²) in [5, 5.41) is 11.4. The molecule has 1 saturated heterocycles. The Morgan fingerprint density at radius 2 is 2.05 bits per heavy atom. The highest BCUT2D eigenvalue weighted by Gasteiger charge is 2.42. The van der Waals surface area contributed by atoms with Crippen LogP contribution in [-0.2, 0) is 23.2 Å². The van der Waals surface area contributed by atoms with E-state index in [1.165, 1.54) is 30.5 Å². The lowest BCUT2D eigenvalue weighted by Gasteiger charge is -2.18. The highest BCUT2D eigenvalue weighted by atomic mass is 31.2. The van der Waals surface area contributed by atoms with E-state index in [0.29, 0.717) is 17.4 Å². The van der Waals surface area contributed by atoms with E-state index in [2.05, 4.69) is 31.6 Å². The molecule has 0 aliphatic carbocycles. The third-order valence-corrected chi connectivity index (χ3v) is 6.08. The van der Waals surface area contributed by atoms with Crippen molar-refractivity contribution >= 4 is 25.8 Å². The summed E-state index contributed by atoms with van der Waals surface area (Å²) >= 11 is 0. The number of nitrogens with one attached hydrogen (secondary N) is 1. The lowest BCUT2D eigenvalue weighted by Crippen LogP contribution is -2.29. The summed E-state index contributed by atoms with van der Waals surface area (Å²) < 4.78 is 28.0. The van der Waals surface area contributed by atoms with E-state index in [9.17, 15) is 23.8 Å². The van der Waals surface area contributed by atoms with Crippen LogP contribution in [0.5, 0.6) is 0 Å².